The maximum Gasteiger partial charge on any atom is 0.306 e. The first-order chi connectivity index (χ1) is 6.13. The summed E-state index contributed by atoms with van der Waals surface area (Å²) in [5.41, 5.74) is 0. The van der Waals surface area contributed by atoms with Gasteiger partial charge in [-0.05, 0) is 11.8 Å². The number of hydrogen-bond acceptors (Lipinski definition) is 1. The molecule has 0 aromatic carbocycles. The number of carboxylic acids is 1. The first-order valence-electron chi connectivity index (χ1n) is 5.35. The molecule has 1 aliphatic carbocycles. The predicted molar refractivity (Wildman–Crippen MR) is 52.5 cm³/mol. The summed E-state index contributed by atoms with van der Waals surface area (Å²) >= 11 is 0. The van der Waals surface area contributed by atoms with Crippen LogP contribution in [0.3, 0.4) is 0 Å². The lowest BCUT2D eigenvalue weighted by Crippen LogP contribution is -2.26. The SMILES string of the molecule is C[C@H](C1CCCCC1)[C@@H](C)C(=O)O. The van der Waals surface area contributed by atoms with E-state index in [1.165, 1.54) is 32.1 Å². The average Bonchev–Trinajstić information content (AvgIpc) is 2.17. The molecule has 0 spiro atoms. The van der Waals surface area contributed by atoms with E-state index < -0.39 is 5.97 Å². The van der Waals surface area contributed by atoms with Crippen LogP contribution in [0.15, 0.2) is 0 Å². The van der Waals surface area contributed by atoms with Crippen molar-refractivity contribution in [1.82, 2.24) is 0 Å². The van der Waals surface area contributed by atoms with Crippen molar-refractivity contribution in [2.24, 2.45) is 17.8 Å². The van der Waals surface area contributed by atoms with E-state index in [4.69, 9.17) is 5.11 Å². The van der Waals surface area contributed by atoms with Crippen LogP contribution in [0.5, 0.6) is 0 Å². The van der Waals surface area contributed by atoms with Crippen molar-refractivity contribution in [3.8, 4) is 0 Å². The van der Waals surface area contributed by atoms with E-state index >= 15 is 0 Å². The fraction of sp³-hybridized carbons (Fsp3) is 0.909. The van der Waals surface area contributed by atoms with Gasteiger partial charge in [-0.25, -0.2) is 0 Å². The van der Waals surface area contributed by atoms with Crippen molar-refractivity contribution < 1.29 is 9.90 Å². The third kappa shape index (κ3) is 2.71. The second kappa shape index (κ2) is 4.64. The monoisotopic (exact) mass is 184 g/mol. The van der Waals surface area contributed by atoms with Crippen molar-refractivity contribution in [2.45, 2.75) is 46.0 Å². The molecule has 0 amide bonds. The Hall–Kier alpha value is -0.530. The number of aliphatic carboxylic acids is 1. The van der Waals surface area contributed by atoms with Crippen LogP contribution in [0.25, 0.3) is 0 Å². The maximum absolute atomic E-state index is 10.8. The molecule has 0 aromatic heterocycles. The van der Waals surface area contributed by atoms with Crippen LogP contribution in [-0.2, 0) is 4.79 Å². The minimum atomic E-state index is -0.641. The Balaban J connectivity index is 2.44. The van der Waals surface area contributed by atoms with Crippen molar-refractivity contribution in [2.75, 3.05) is 0 Å². The Morgan fingerprint density at radius 2 is 1.77 bits per heavy atom. The molecule has 0 heterocycles. The molecule has 13 heavy (non-hydrogen) atoms. The first-order valence-corrected chi connectivity index (χ1v) is 5.35. The molecule has 2 nitrogen and oxygen atoms in total. The number of carbonyl (C=O) groups is 1. The van der Waals surface area contributed by atoms with Crippen LogP contribution < -0.4 is 0 Å². The number of carboxylic acid groups (broad SMARTS) is 1. The van der Waals surface area contributed by atoms with E-state index in [9.17, 15) is 4.79 Å². The Morgan fingerprint density at radius 3 is 2.23 bits per heavy atom. The third-order valence-electron chi connectivity index (χ3n) is 3.57. The molecule has 1 N–H and O–H groups in total. The zero-order valence-electron chi connectivity index (χ0n) is 8.62. The van der Waals surface area contributed by atoms with E-state index in [-0.39, 0.29) is 5.92 Å². The van der Waals surface area contributed by atoms with Gasteiger partial charge in [0, 0.05) is 0 Å². The van der Waals surface area contributed by atoms with Gasteiger partial charge in [-0.3, -0.25) is 4.79 Å². The average molecular weight is 184 g/mol. The summed E-state index contributed by atoms with van der Waals surface area (Å²) in [5, 5.41) is 8.88. The minimum Gasteiger partial charge on any atom is -0.481 e. The van der Waals surface area contributed by atoms with Crippen LogP contribution in [0.4, 0.5) is 0 Å². The van der Waals surface area contributed by atoms with Gasteiger partial charge in [0.15, 0.2) is 0 Å². The van der Waals surface area contributed by atoms with Crippen LogP contribution in [-0.4, -0.2) is 11.1 Å². The van der Waals surface area contributed by atoms with Gasteiger partial charge in [0.25, 0.3) is 0 Å². The second-order valence-corrected chi connectivity index (χ2v) is 4.38. The van der Waals surface area contributed by atoms with Gasteiger partial charge in [0.1, 0.15) is 0 Å². The molecule has 2 atom stereocenters. The Bertz CT molecular complexity index is 171. The molecule has 1 fully saturated rings. The number of rotatable bonds is 3. The highest BCUT2D eigenvalue weighted by Crippen LogP contribution is 2.33. The van der Waals surface area contributed by atoms with Gasteiger partial charge >= 0.3 is 5.97 Å². The molecule has 1 saturated carbocycles. The van der Waals surface area contributed by atoms with Crippen LogP contribution in [0.2, 0.25) is 0 Å². The van der Waals surface area contributed by atoms with Gasteiger partial charge < -0.3 is 5.11 Å². The highest BCUT2D eigenvalue weighted by molar-refractivity contribution is 5.69. The Labute approximate surface area is 80.3 Å². The fourth-order valence-electron chi connectivity index (χ4n) is 2.29. The standard InChI is InChI=1S/C11H20O2/c1-8(9(2)11(12)13)10-6-4-3-5-7-10/h8-10H,3-7H2,1-2H3,(H,12,13)/t8-,9+/m0/s1. The molecular weight excluding hydrogens is 164 g/mol. The summed E-state index contributed by atoms with van der Waals surface area (Å²) in [6.45, 7) is 3.93. The highest BCUT2D eigenvalue weighted by atomic mass is 16.4. The molecule has 0 saturated heterocycles. The van der Waals surface area contributed by atoms with Crippen LogP contribution in [0.1, 0.15) is 46.0 Å². The summed E-state index contributed by atoms with van der Waals surface area (Å²) in [5.74, 6) is 0.179. The molecule has 0 aromatic rings. The molecule has 0 bridgehead atoms. The summed E-state index contributed by atoms with van der Waals surface area (Å²) in [6, 6.07) is 0. The molecule has 0 unspecified atom stereocenters. The zero-order valence-corrected chi connectivity index (χ0v) is 8.62. The third-order valence-corrected chi connectivity index (χ3v) is 3.57. The van der Waals surface area contributed by atoms with E-state index in [2.05, 4.69) is 6.92 Å². The minimum absolute atomic E-state index is 0.178. The van der Waals surface area contributed by atoms with Crippen LogP contribution in [0, 0.1) is 17.8 Å². The summed E-state index contributed by atoms with van der Waals surface area (Å²) in [7, 11) is 0. The largest absolute Gasteiger partial charge is 0.481 e. The van der Waals surface area contributed by atoms with Gasteiger partial charge in [0.05, 0.1) is 5.92 Å². The lowest BCUT2D eigenvalue weighted by Gasteiger charge is -2.29. The van der Waals surface area contributed by atoms with Gasteiger partial charge in [-0.1, -0.05) is 46.0 Å². The first kappa shape index (κ1) is 10.6. The summed E-state index contributed by atoms with van der Waals surface area (Å²) in [6.07, 6.45) is 6.39. The van der Waals surface area contributed by atoms with E-state index in [0.717, 1.165) is 0 Å². The second-order valence-electron chi connectivity index (χ2n) is 4.38. The molecule has 0 aliphatic heterocycles. The lowest BCUT2D eigenvalue weighted by molar-refractivity contribution is -0.143. The summed E-state index contributed by atoms with van der Waals surface area (Å²) < 4.78 is 0. The van der Waals surface area contributed by atoms with Crippen LogP contribution >= 0.6 is 0 Å². The smallest absolute Gasteiger partial charge is 0.306 e. The van der Waals surface area contributed by atoms with Gasteiger partial charge in [0.2, 0.25) is 0 Å². The van der Waals surface area contributed by atoms with Crippen molar-refractivity contribution in [3.63, 3.8) is 0 Å². The topological polar surface area (TPSA) is 37.3 Å². The zero-order chi connectivity index (χ0) is 9.84. The fourth-order valence-corrected chi connectivity index (χ4v) is 2.29. The predicted octanol–water partition coefficient (Wildman–Crippen LogP) is 2.92. The normalized spacial score (nSPS) is 23.8. The molecule has 0 radical (unpaired) electrons. The molecular formula is C11H20O2. The molecule has 76 valence electrons. The van der Waals surface area contributed by atoms with E-state index in [0.29, 0.717) is 11.8 Å². The van der Waals surface area contributed by atoms with E-state index in [1.54, 1.807) is 0 Å². The Morgan fingerprint density at radius 1 is 1.23 bits per heavy atom. The summed E-state index contributed by atoms with van der Waals surface area (Å²) in [4.78, 5) is 10.8. The molecule has 1 aliphatic rings. The highest BCUT2D eigenvalue weighted by Gasteiger charge is 2.27. The number of hydrogen-bond donors (Lipinski definition) is 1. The molecule has 1 rings (SSSR count). The van der Waals surface area contributed by atoms with E-state index in [1.807, 2.05) is 6.92 Å². The van der Waals surface area contributed by atoms with Crippen molar-refractivity contribution >= 4 is 5.97 Å². The lowest BCUT2D eigenvalue weighted by atomic mass is 9.76. The van der Waals surface area contributed by atoms with Gasteiger partial charge in [-0.15, -0.1) is 0 Å². The van der Waals surface area contributed by atoms with Crippen molar-refractivity contribution in [3.05, 3.63) is 0 Å². The van der Waals surface area contributed by atoms with Gasteiger partial charge in [-0.2, -0.15) is 0 Å². The molecule has 2 heteroatoms. The Kier molecular flexibility index (Phi) is 3.76. The maximum atomic E-state index is 10.8. The quantitative estimate of drug-likeness (QED) is 0.732. The van der Waals surface area contributed by atoms with Crippen molar-refractivity contribution in [1.29, 1.82) is 0 Å².